The minimum atomic E-state index is -3.27. The second-order valence-electron chi connectivity index (χ2n) is 6.37. The van der Waals surface area contributed by atoms with Gasteiger partial charge in [-0.05, 0) is 37.2 Å². The monoisotopic (exact) mass is 415 g/mol. The summed E-state index contributed by atoms with van der Waals surface area (Å²) in [5.74, 6) is 1.42. The van der Waals surface area contributed by atoms with Gasteiger partial charge in [0.1, 0.15) is 0 Å². The van der Waals surface area contributed by atoms with E-state index in [0.29, 0.717) is 19.0 Å². The molecule has 29 heavy (non-hydrogen) atoms. The highest BCUT2D eigenvalue weighted by Gasteiger charge is 2.08. The van der Waals surface area contributed by atoms with E-state index in [9.17, 15) is 8.42 Å². The van der Waals surface area contributed by atoms with Gasteiger partial charge >= 0.3 is 0 Å². The number of nitrogens with one attached hydrogen (secondary N) is 3. The fourth-order valence-electron chi connectivity index (χ4n) is 2.72. The van der Waals surface area contributed by atoms with E-state index in [-0.39, 0.29) is 5.75 Å². The number of aromatic nitrogens is 3. The quantitative estimate of drug-likeness (QED) is 0.374. The molecular formula is C19H25N7O2S. The molecule has 0 atom stereocenters. The zero-order valence-corrected chi connectivity index (χ0v) is 17.3. The molecule has 0 fully saturated rings. The van der Waals surface area contributed by atoms with Crippen molar-refractivity contribution in [2.24, 2.45) is 4.99 Å². The van der Waals surface area contributed by atoms with Crippen LogP contribution in [0.4, 0.5) is 0 Å². The van der Waals surface area contributed by atoms with E-state index >= 15 is 0 Å². The fourth-order valence-corrected chi connectivity index (χ4v) is 3.49. The van der Waals surface area contributed by atoms with E-state index in [2.05, 4.69) is 30.5 Å². The van der Waals surface area contributed by atoms with Crippen molar-refractivity contribution in [2.45, 2.75) is 25.8 Å². The predicted octanol–water partition coefficient (Wildman–Crippen LogP) is 1.03. The largest absolute Gasteiger partial charge is 0.357 e. The van der Waals surface area contributed by atoms with Gasteiger partial charge in [-0.25, -0.2) is 18.1 Å². The summed E-state index contributed by atoms with van der Waals surface area (Å²) in [5, 5.41) is 14.8. The number of hydrogen-bond donors (Lipinski definition) is 3. The number of benzene rings is 1. The van der Waals surface area contributed by atoms with Crippen LogP contribution >= 0.6 is 0 Å². The third kappa shape index (κ3) is 5.75. The van der Waals surface area contributed by atoms with Gasteiger partial charge in [0.15, 0.2) is 17.4 Å². The summed E-state index contributed by atoms with van der Waals surface area (Å²) in [4.78, 5) is 4.59. The van der Waals surface area contributed by atoms with Crippen LogP contribution in [0.5, 0.6) is 0 Å². The van der Waals surface area contributed by atoms with Gasteiger partial charge in [-0.3, -0.25) is 4.40 Å². The lowest BCUT2D eigenvalue weighted by Crippen LogP contribution is -2.37. The van der Waals surface area contributed by atoms with Crippen LogP contribution < -0.4 is 15.4 Å². The van der Waals surface area contributed by atoms with Gasteiger partial charge in [0.05, 0.1) is 18.8 Å². The Morgan fingerprint density at radius 3 is 2.55 bits per heavy atom. The van der Waals surface area contributed by atoms with E-state index in [1.165, 1.54) is 7.05 Å². The normalized spacial score (nSPS) is 12.3. The summed E-state index contributed by atoms with van der Waals surface area (Å²) in [6.45, 7) is 3.68. The van der Waals surface area contributed by atoms with Crippen LogP contribution in [-0.2, 0) is 28.9 Å². The van der Waals surface area contributed by atoms with Gasteiger partial charge in [0.2, 0.25) is 10.0 Å². The van der Waals surface area contributed by atoms with Crippen LogP contribution in [0.2, 0.25) is 0 Å². The molecule has 3 N–H and O–H groups in total. The van der Waals surface area contributed by atoms with Crippen molar-refractivity contribution in [1.29, 1.82) is 0 Å². The average Bonchev–Trinajstić information content (AvgIpc) is 3.14. The number of rotatable bonds is 8. The van der Waals surface area contributed by atoms with Crippen LogP contribution in [0.15, 0.2) is 53.7 Å². The van der Waals surface area contributed by atoms with E-state index in [1.807, 2.05) is 60.0 Å². The summed E-state index contributed by atoms with van der Waals surface area (Å²) >= 11 is 0. The van der Waals surface area contributed by atoms with Gasteiger partial charge in [-0.1, -0.05) is 30.3 Å². The van der Waals surface area contributed by atoms with E-state index in [4.69, 9.17) is 0 Å². The third-order valence-electron chi connectivity index (χ3n) is 4.25. The molecule has 0 saturated heterocycles. The number of aliphatic imine (C=N–C) groups is 1. The Morgan fingerprint density at radius 1 is 1.07 bits per heavy atom. The molecule has 0 aliphatic heterocycles. The SMILES string of the molecule is CCNC(=NCc1ccc(CS(=O)(=O)NC)cc1)NCc1nnc2ccccn12. The molecule has 0 radical (unpaired) electrons. The Bertz CT molecular complexity index is 1080. The first-order valence-electron chi connectivity index (χ1n) is 9.30. The molecule has 1 aromatic carbocycles. The van der Waals surface area contributed by atoms with Gasteiger partial charge < -0.3 is 10.6 Å². The maximum atomic E-state index is 11.6. The molecular weight excluding hydrogens is 390 g/mol. The molecule has 10 heteroatoms. The molecule has 0 bridgehead atoms. The average molecular weight is 416 g/mol. The zero-order valence-electron chi connectivity index (χ0n) is 16.5. The highest BCUT2D eigenvalue weighted by molar-refractivity contribution is 7.88. The second kappa shape index (κ2) is 9.48. The molecule has 3 rings (SSSR count). The van der Waals surface area contributed by atoms with E-state index in [0.717, 1.165) is 29.1 Å². The van der Waals surface area contributed by atoms with Crippen molar-refractivity contribution in [1.82, 2.24) is 30.0 Å². The molecule has 0 aliphatic carbocycles. The molecule has 9 nitrogen and oxygen atoms in total. The molecule has 0 unspecified atom stereocenters. The van der Waals surface area contributed by atoms with E-state index < -0.39 is 10.0 Å². The van der Waals surface area contributed by atoms with Crippen molar-refractivity contribution < 1.29 is 8.42 Å². The van der Waals surface area contributed by atoms with Crippen LogP contribution in [0.1, 0.15) is 23.9 Å². The highest BCUT2D eigenvalue weighted by Crippen LogP contribution is 2.09. The second-order valence-corrected chi connectivity index (χ2v) is 8.30. The first kappa shape index (κ1) is 20.7. The Labute approximate surface area is 170 Å². The molecule has 0 amide bonds. The van der Waals surface area contributed by atoms with Gasteiger partial charge in [-0.15, -0.1) is 10.2 Å². The number of nitrogens with zero attached hydrogens (tertiary/aromatic N) is 4. The lowest BCUT2D eigenvalue weighted by Gasteiger charge is -2.11. The summed E-state index contributed by atoms with van der Waals surface area (Å²) in [5.41, 5.74) is 2.52. The Balaban J connectivity index is 1.63. The molecule has 2 aromatic heterocycles. The minimum absolute atomic E-state index is 0.0381. The third-order valence-corrected chi connectivity index (χ3v) is 5.59. The lowest BCUT2D eigenvalue weighted by atomic mass is 10.1. The first-order chi connectivity index (χ1) is 14.0. The maximum absolute atomic E-state index is 11.6. The summed E-state index contributed by atoms with van der Waals surface area (Å²) in [6, 6.07) is 13.2. The highest BCUT2D eigenvalue weighted by atomic mass is 32.2. The van der Waals surface area contributed by atoms with Gasteiger partial charge in [-0.2, -0.15) is 0 Å². The summed E-state index contributed by atoms with van der Waals surface area (Å²) in [7, 11) is -1.86. The number of guanidine groups is 1. The van der Waals surface area contributed by atoms with Crippen LogP contribution in [0.3, 0.4) is 0 Å². The molecule has 3 aromatic rings. The lowest BCUT2D eigenvalue weighted by molar-refractivity contribution is 0.587. The maximum Gasteiger partial charge on any atom is 0.215 e. The summed E-state index contributed by atoms with van der Waals surface area (Å²) in [6.07, 6.45) is 1.92. The summed E-state index contributed by atoms with van der Waals surface area (Å²) < 4.78 is 27.5. The topological polar surface area (TPSA) is 113 Å². The fraction of sp³-hybridized carbons (Fsp3) is 0.316. The van der Waals surface area contributed by atoms with Gasteiger partial charge in [0.25, 0.3) is 0 Å². The molecule has 0 saturated carbocycles. The van der Waals surface area contributed by atoms with Crippen LogP contribution in [-0.4, -0.2) is 42.6 Å². The van der Waals surface area contributed by atoms with Crippen molar-refractivity contribution in [2.75, 3.05) is 13.6 Å². The molecule has 154 valence electrons. The molecule has 0 aliphatic rings. The smallest absolute Gasteiger partial charge is 0.215 e. The minimum Gasteiger partial charge on any atom is -0.357 e. The van der Waals surface area contributed by atoms with Crippen LogP contribution in [0.25, 0.3) is 5.65 Å². The Hall–Kier alpha value is -2.98. The standard InChI is InChI=1S/C19H25N7O2S/c1-3-21-19(23-13-18-25-24-17-6-4-5-11-26(17)18)22-12-15-7-9-16(10-8-15)14-29(27,28)20-2/h4-11,20H,3,12-14H2,1-2H3,(H2,21,22,23). The van der Waals surface area contributed by atoms with Crippen molar-refractivity contribution in [3.05, 3.63) is 65.6 Å². The van der Waals surface area contributed by atoms with E-state index in [1.54, 1.807) is 0 Å². The Morgan fingerprint density at radius 2 is 1.83 bits per heavy atom. The van der Waals surface area contributed by atoms with Crippen molar-refractivity contribution in [3.63, 3.8) is 0 Å². The number of fused-ring (bicyclic) bond motifs is 1. The number of pyridine rings is 1. The number of hydrogen-bond acceptors (Lipinski definition) is 5. The molecule has 0 spiro atoms. The first-order valence-corrected chi connectivity index (χ1v) is 11.0. The predicted molar refractivity (Wildman–Crippen MR) is 113 cm³/mol. The Kier molecular flexibility index (Phi) is 6.78. The van der Waals surface area contributed by atoms with Crippen molar-refractivity contribution >= 4 is 21.6 Å². The molecule has 2 heterocycles. The van der Waals surface area contributed by atoms with Gasteiger partial charge in [0, 0.05) is 12.7 Å². The number of sulfonamides is 1. The van der Waals surface area contributed by atoms with Crippen LogP contribution in [0, 0.1) is 0 Å². The van der Waals surface area contributed by atoms with Crippen molar-refractivity contribution in [3.8, 4) is 0 Å². The zero-order chi connectivity index (χ0) is 20.7.